The molecule has 2 aromatic carbocycles. The van der Waals surface area contributed by atoms with Crippen LogP contribution in [-0.2, 0) is 4.79 Å². The Bertz CT molecular complexity index is 654. The van der Waals surface area contributed by atoms with E-state index in [1.165, 1.54) is 5.56 Å². The standard InChI is InChI=1S/C20H27N3O2/c1-22(2)17-12-10-16(11-13-17)19(23(3)4)14-21-20(24)15-25-18-8-6-5-7-9-18/h5-13,19H,14-15H2,1-4H3,(H,21,24)/t19-/m0/s1. The van der Waals surface area contributed by atoms with Gasteiger partial charge in [0.25, 0.3) is 5.91 Å². The molecule has 1 N–H and O–H groups in total. The monoisotopic (exact) mass is 341 g/mol. The Morgan fingerprint density at radius 2 is 1.64 bits per heavy atom. The van der Waals surface area contributed by atoms with Gasteiger partial charge in [0.2, 0.25) is 0 Å². The first-order valence-electron chi connectivity index (χ1n) is 8.35. The lowest BCUT2D eigenvalue weighted by Crippen LogP contribution is -2.36. The molecule has 0 aliphatic rings. The third kappa shape index (κ3) is 5.80. The highest BCUT2D eigenvalue weighted by atomic mass is 16.5. The van der Waals surface area contributed by atoms with Gasteiger partial charge in [-0.2, -0.15) is 0 Å². The van der Waals surface area contributed by atoms with Crippen molar-refractivity contribution in [3.8, 4) is 5.75 Å². The van der Waals surface area contributed by atoms with Crippen molar-refractivity contribution < 1.29 is 9.53 Å². The average molecular weight is 341 g/mol. The number of anilines is 1. The average Bonchev–Trinajstić information content (AvgIpc) is 2.61. The van der Waals surface area contributed by atoms with E-state index in [0.29, 0.717) is 12.3 Å². The zero-order valence-electron chi connectivity index (χ0n) is 15.4. The minimum absolute atomic E-state index is 0.0176. The molecule has 1 amide bonds. The Balaban J connectivity index is 1.89. The number of rotatable bonds is 8. The summed E-state index contributed by atoms with van der Waals surface area (Å²) in [5.41, 5.74) is 2.32. The number of carbonyl (C=O) groups excluding carboxylic acids is 1. The van der Waals surface area contributed by atoms with Gasteiger partial charge in [0.15, 0.2) is 6.61 Å². The minimum Gasteiger partial charge on any atom is -0.484 e. The summed E-state index contributed by atoms with van der Waals surface area (Å²) in [4.78, 5) is 16.2. The van der Waals surface area contributed by atoms with Crippen LogP contribution in [-0.4, -0.2) is 52.1 Å². The van der Waals surface area contributed by atoms with Crippen LogP contribution in [0.15, 0.2) is 54.6 Å². The lowest BCUT2D eigenvalue weighted by atomic mass is 10.1. The molecule has 2 aromatic rings. The summed E-state index contributed by atoms with van der Waals surface area (Å²) in [5.74, 6) is 0.571. The van der Waals surface area contributed by atoms with E-state index in [1.54, 1.807) is 0 Å². The fraction of sp³-hybridized carbons (Fsp3) is 0.350. The van der Waals surface area contributed by atoms with Crippen LogP contribution in [0.2, 0.25) is 0 Å². The van der Waals surface area contributed by atoms with E-state index in [4.69, 9.17) is 4.74 Å². The minimum atomic E-state index is -0.124. The highest BCUT2D eigenvalue weighted by Gasteiger charge is 2.15. The molecule has 25 heavy (non-hydrogen) atoms. The SMILES string of the molecule is CN(C)c1ccc([C@H](CNC(=O)COc2ccccc2)N(C)C)cc1. The predicted octanol–water partition coefficient (Wildman–Crippen LogP) is 2.55. The van der Waals surface area contributed by atoms with Crippen molar-refractivity contribution in [3.05, 3.63) is 60.2 Å². The lowest BCUT2D eigenvalue weighted by molar-refractivity contribution is -0.123. The molecule has 0 aromatic heterocycles. The summed E-state index contributed by atoms with van der Waals surface area (Å²) < 4.78 is 5.48. The molecule has 0 spiro atoms. The van der Waals surface area contributed by atoms with Crippen LogP contribution in [0, 0.1) is 0 Å². The Morgan fingerprint density at radius 3 is 2.20 bits per heavy atom. The van der Waals surface area contributed by atoms with Crippen molar-refractivity contribution in [2.75, 3.05) is 46.2 Å². The number of hydrogen-bond donors (Lipinski definition) is 1. The van der Waals surface area contributed by atoms with E-state index in [0.717, 1.165) is 5.69 Å². The van der Waals surface area contributed by atoms with Crippen molar-refractivity contribution >= 4 is 11.6 Å². The number of amides is 1. The molecule has 0 radical (unpaired) electrons. The number of nitrogens with one attached hydrogen (secondary N) is 1. The first-order valence-corrected chi connectivity index (χ1v) is 8.35. The number of nitrogens with zero attached hydrogens (tertiary/aromatic N) is 2. The van der Waals surface area contributed by atoms with Crippen LogP contribution in [0.3, 0.4) is 0 Å². The van der Waals surface area contributed by atoms with Crippen LogP contribution in [0.4, 0.5) is 5.69 Å². The molecule has 0 saturated carbocycles. The molecule has 5 nitrogen and oxygen atoms in total. The van der Waals surface area contributed by atoms with Crippen LogP contribution in [0.1, 0.15) is 11.6 Å². The maximum absolute atomic E-state index is 12.1. The zero-order valence-corrected chi connectivity index (χ0v) is 15.4. The molecule has 0 aliphatic carbocycles. The van der Waals surface area contributed by atoms with Gasteiger partial charge in [-0.3, -0.25) is 4.79 Å². The number of benzene rings is 2. The number of ether oxygens (including phenoxy) is 1. The topological polar surface area (TPSA) is 44.8 Å². The third-order valence-corrected chi connectivity index (χ3v) is 4.02. The third-order valence-electron chi connectivity index (χ3n) is 4.02. The van der Waals surface area contributed by atoms with Gasteiger partial charge in [-0.15, -0.1) is 0 Å². The second-order valence-electron chi connectivity index (χ2n) is 6.37. The van der Waals surface area contributed by atoms with Crippen molar-refractivity contribution in [1.29, 1.82) is 0 Å². The van der Waals surface area contributed by atoms with Crippen molar-refractivity contribution in [2.24, 2.45) is 0 Å². The molecule has 1 atom stereocenters. The molecule has 0 heterocycles. The van der Waals surface area contributed by atoms with E-state index in [2.05, 4.69) is 39.4 Å². The van der Waals surface area contributed by atoms with Crippen molar-refractivity contribution in [1.82, 2.24) is 10.2 Å². The maximum atomic E-state index is 12.1. The maximum Gasteiger partial charge on any atom is 0.258 e. The van der Waals surface area contributed by atoms with Gasteiger partial charge < -0.3 is 19.9 Å². The number of likely N-dealkylation sites (N-methyl/N-ethyl adjacent to an activating group) is 1. The summed E-state index contributed by atoms with van der Waals surface area (Å²) in [7, 11) is 8.06. The van der Waals surface area contributed by atoms with Crippen LogP contribution >= 0.6 is 0 Å². The van der Waals surface area contributed by atoms with Gasteiger partial charge in [0.05, 0.1) is 6.04 Å². The predicted molar refractivity (Wildman–Crippen MR) is 102 cm³/mol. The zero-order chi connectivity index (χ0) is 18.2. The van der Waals surface area contributed by atoms with E-state index < -0.39 is 0 Å². The van der Waals surface area contributed by atoms with Gasteiger partial charge in [0, 0.05) is 26.3 Å². The van der Waals surface area contributed by atoms with Crippen LogP contribution in [0.5, 0.6) is 5.75 Å². The highest BCUT2D eigenvalue weighted by molar-refractivity contribution is 5.77. The molecule has 0 saturated heterocycles. The number of hydrogen-bond acceptors (Lipinski definition) is 4. The van der Waals surface area contributed by atoms with Crippen molar-refractivity contribution in [3.63, 3.8) is 0 Å². The molecule has 0 unspecified atom stereocenters. The highest BCUT2D eigenvalue weighted by Crippen LogP contribution is 2.20. The molecular weight excluding hydrogens is 314 g/mol. The molecule has 2 rings (SSSR count). The molecule has 0 bridgehead atoms. The van der Waals surface area contributed by atoms with Gasteiger partial charge in [0.1, 0.15) is 5.75 Å². The summed E-state index contributed by atoms with van der Waals surface area (Å²) in [6.45, 7) is 0.551. The number of para-hydroxylation sites is 1. The molecular formula is C20H27N3O2. The first kappa shape index (κ1) is 18.8. The fourth-order valence-electron chi connectivity index (χ4n) is 2.52. The first-order chi connectivity index (χ1) is 12.0. The van der Waals surface area contributed by atoms with Gasteiger partial charge >= 0.3 is 0 Å². The Labute approximate surface area is 150 Å². The molecule has 0 fully saturated rings. The summed E-state index contributed by atoms with van der Waals surface area (Å²) in [6, 6.07) is 17.8. The molecule has 134 valence electrons. The quantitative estimate of drug-likeness (QED) is 0.801. The Hall–Kier alpha value is -2.53. The Kier molecular flexibility index (Phi) is 6.83. The van der Waals surface area contributed by atoms with Crippen LogP contribution < -0.4 is 15.0 Å². The van der Waals surface area contributed by atoms with Gasteiger partial charge in [-0.1, -0.05) is 30.3 Å². The molecule has 5 heteroatoms. The summed E-state index contributed by atoms with van der Waals surface area (Å²) in [6.07, 6.45) is 0. The summed E-state index contributed by atoms with van der Waals surface area (Å²) in [5, 5.41) is 2.95. The Morgan fingerprint density at radius 1 is 1.00 bits per heavy atom. The molecule has 0 aliphatic heterocycles. The lowest BCUT2D eigenvalue weighted by Gasteiger charge is -2.25. The number of carbonyl (C=O) groups is 1. The summed E-state index contributed by atoms with van der Waals surface area (Å²) >= 11 is 0. The van der Waals surface area contributed by atoms with Crippen LogP contribution in [0.25, 0.3) is 0 Å². The second kappa shape index (κ2) is 9.08. The van der Waals surface area contributed by atoms with E-state index in [1.807, 2.05) is 58.5 Å². The smallest absolute Gasteiger partial charge is 0.258 e. The second-order valence-corrected chi connectivity index (χ2v) is 6.37. The fourth-order valence-corrected chi connectivity index (χ4v) is 2.52. The van der Waals surface area contributed by atoms with E-state index >= 15 is 0 Å². The van der Waals surface area contributed by atoms with Gasteiger partial charge in [-0.05, 0) is 43.9 Å². The van der Waals surface area contributed by atoms with E-state index in [-0.39, 0.29) is 18.6 Å². The van der Waals surface area contributed by atoms with Gasteiger partial charge in [-0.25, -0.2) is 0 Å². The van der Waals surface area contributed by atoms with Crippen molar-refractivity contribution in [2.45, 2.75) is 6.04 Å². The normalized spacial score (nSPS) is 11.9. The van der Waals surface area contributed by atoms with E-state index in [9.17, 15) is 4.79 Å². The largest absolute Gasteiger partial charge is 0.484 e.